The van der Waals surface area contributed by atoms with Crippen LogP contribution in [-0.2, 0) is 27.8 Å². The maximum absolute atomic E-state index is 14.3. The first-order chi connectivity index (χ1) is 14.4. The number of rotatable bonds is 7. The summed E-state index contributed by atoms with van der Waals surface area (Å²) in [6, 6.07) is 13.7. The van der Waals surface area contributed by atoms with Crippen molar-refractivity contribution in [2.45, 2.75) is 12.5 Å². The monoisotopic (exact) mass is 409 g/mol. The molecule has 1 atom stereocenters. The van der Waals surface area contributed by atoms with Crippen LogP contribution in [0, 0.1) is 5.82 Å². The molecule has 154 valence electrons. The quantitative estimate of drug-likeness (QED) is 0.478. The molecule has 1 heterocycles. The highest BCUT2D eigenvalue weighted by atomic mass is 19.1. The van der Waals surface area contributed by atoms with E-state index in [9.17, 15) is 18.8 Å². The number of nitrogens with one attached hydrogen (secondary N) is 1. The number of hydrogen-bond donors (Lipinski definition) is 1. The summed E-state index contributed by atoms with van der Waals surface area (Å²) < 4.78 is 20.2. The summed E-state index contributed by atoms with van der Waals surface area (Å²) in [7, 11) is 2.70. The molecule has 0 saturated carbocycles. The molecule has 0 saturated heterocycles. The van der Waals surface area contributed by atoms with Gasteiger partial charge in [-0.25, -0.2) is 9.18 Å². The third-order valence-electron chi connectivity index (χ3n) is 4.49. The number of Topliss-reactive ketones (excluding diaryl/α,β-unsaturated/α-hetero) is 1. The van der Waals surface area contributed by atoms with Gasteiger partial charge in [0.1, 0.15) is 17.6 Å². The van der Waals surface area contributed by atoms with E-state index >= 15 is 0 Å². The first-order valence-corrected chi connectivity index (χ1v) is 9.16. The van der Waals surface area contributed by atoms with Gasteiger partial charge in [-0.2, -0.15) is 5.10 Å². The minimum atomic E-state index is -1.15. The number of ether oxygens (including phenoxy) is 1. The van der Waals surface area contributed by atoms with Crippen molar-refractivity contribution in [2.24, 2.45) is 7.05 Å². The number of halogens is 1. The zero-order chi connectivity index (χ0) is 21.7. The van der Waals surface area contributed by atoms with Crippen molar-refractivity contribution in [1.82, 2.24) is 15.1 Å². The number of amides is 1. The van der Waals surface area contributed by atoms with Gasteiger partial charge in [0.15, 0.2) is 0 Å². The Morgan fingerprint density at radius 3 is 2.43 bits per heavy atom. The van der Waals surface area contributed by atoms with Gasteiger partial charge in [0, 0.05) is 25.2 Å². The molecule has 0 aliphatic rings. The number of hydrogen-bond acceptors (Lipinski definition) is 5. The van der Waals surface area contributed by atoms with Crippen molar-refractivity contribution in [2.75, 3.05) is 7.11 Å². The van der Waals surface area contributed by atoms with E-state index in [1.807, 2.05) is 6.07 Å². The van der Waals surface area contributed by atoms with Crippen molar-refractivity contribution in [3.05, 3.63) is 77.7 Å². The fourth-order valence-corrected chi connectivity index (χ4v) is 3.04. The summed E-state index contributed by atoms with van der Waals surface area (Å²) in [5.41, 5.74) is 1.12. The van der Waals surface area contributed by atoms with Crippen LogP contribution in [0.15, 0.2) is 60.8 Å². The number of nitrogens with zero attached hydrogens (tertiary/aromatic N) is 2. The van der Waals surface area contributed by atoms with E-state index in [4.69, 9.17) is 0 Å². The van der Waals surface area contributed by atoms with Crippen LogP contribution in [0.3, 0.4) is 0 Å². The average Bonchev–Trinajstić information content (AvgIpc) is 3.14. The summed E-state index contributed by atoms with van der Waals surface area (Å²) in [4.78, 5) is 37.3. The second-order valence-corrected chi connectivity index (χ2v) is 6.62. The third-order valence-corrected chi connectivity index (χ3v) is 4.49. The Balaban J connectivity index is 1.92. The minimum absolute atomic E-state index is 0.0818. The van der Waals surface area contributed by atoms with Crippen molar-refractivity contribution in [3.8, 4) is 11.3 Å². The van der Waals surface area contributed by atoms with E-state index in [0.717, 1.165) is 12.7 Å². The van der Waals surface area contributed by atoms with Crippen LogP contribution in [0.1, 0.15) is 15.9 Å². The van der Waals surface area contributed by atoms with Crippen LogP contribution in [0.25, 0.3) is 11.3 Å². The molecule has 1 unspecified atom stereocenters. The van der Waals surface area contributed by atoms with Gasteiger partial charge in [-0.1, -0.05) is 42.5 Å². The third kappa shape index (κ3) is 4.60. The SMILES string of the molecule is COC(=O)C(=O)C(Cc1ccccc1)NC(=O)c1cn(C)nc1-c1ccccc1F. The number of methoxy groups -OCH3 is 1. The number of esters is 1. The summed E-state index contributed by atoms with van der Waals surface area (Å²) in [5, 5.41) is 6.76. The number of carbonyl (C=O) groups excluding carboxylic acids is 3. The highest BCUT2D eigenvalue weighted by Crippen LogP contribution is 2.24. The normalized spacial score (nSPS) is 11.6. The lowest BCUT2D eigenvalue weighted by Crippen LogP contribution is -2.45. The van der Waals surface area contributed by atoms with E-state index in [0.29, 0.717) is 0 Å². The summed E-state index contributed by atoms with van der Waals surface area (Å²) in [6.07, 6.45) is 1.52. The Kier molecular flexibility index (Phi) is 6.36. The van der Waals surface area contributed by atoms with Gasteiger partial charge in [0.05, 0.1) is 12.7 Å². The summed E-state index contributed by atoms with van der Waals surface area (Å²) >= 11 is 0. The lowest BCUT2D eigenvalue weighted by molar-refractivity contribution is -0.152. The van der Waals surface area contributed by atoms with E-state index in [1.165, 1.54) is 29.1 Å². The van der Waals surface area contributed by atoms with Gasteiger partial charge < -0.3 is 10.1 Å². The number of ketones is 1. The molecule has 0 radical (unpaired) electrons. The number of aromatic nitrogens is 2. The number of carbonyl (C=O) groups is 3. The molecular formula is C22H20FN3O4. The first-order valence-electron chi connectivity index (χ1n) is 9.16. The Morgan fingerprint density at radius 1 is 1.10 bits per heavy atom. The minimum Gasteiger partial charge on any atom is -0.463 e. The second-order valence-electron chi connectivity index (χ2n) is 6.62. The molecule has 0 fully saturated rings. The molecule has 0 bridgehead atoms. The van der Waals surface area contributed by atoms with Gasteiger partial charge in [-0.05, 0) is 17.7 Å². The Bertz CT molecular complexity index is 1080. The standard InChI is InChI=1S/C22H20FN3O4/c1-26-13-16(19(25-26)15-10-6-7-11-17(15)23)21(28)24-18(20(27)22(29)30-2)12-14-8-4-3-5-9-14/h3-11,13,18H,12H2,1-2H3,(H,24,28). The predicted molar refractivity (Wildman–Crippen MR) is 107 cm³/mol. The van der Waals surface area contributed by atoms with E-state index in [2.05, 4.69) is 15.2 Å². The van der Waals surface area contributed by atoms with Gasteiger partial charge >= 0.3 is 5.97 Å². The molecule has 1 amide bonds. The van der Waals surface area contributed by atoms with Crippen molar-refractivity contribution >= 4 is 17.7 Å². The average molecular weight is 409 g/mol. The predicted octanol–water partition coefficient (Wildman–Crippen LogP) is 2.31. The van der Waals surface area contributed by atoms with Crippen LogP contribution in [0.2, 0.25) is 0 Å². The molecule has 0 aliphatic carbocycles. The zero-order valence-electron chi connectivity index (χ0n) is 16.5. The van der Waals surface area contributed by atoms with Crippen molar-refractivity contribution < 1.29 is 23.5 Å². The van der Waals surface area contributed by atoms with Crippen molar-refractivity contribution in [3.63, 3.8) is 0 Å². The van der Waals surface area contributed by atoms with Gasteiger partial charge in [0.25, 0.3) is 11.7 Å². The highest BCUT2D eigenvalue weighted by Gasteiger charge is 2.30. The molecule has 8 heteroatoms. The van der Waals surface area contributed by atoms with E-state index in [1.54, 1.807) is 37.4 Å². The molecular weight excluding hydrogens is 389 g/mol. The number of benzene rings is 2. The summed E-state index contributed by atoms with van der Waals surface area (Å²) in [5.74, 6) is -3.13. The molecule has 3 rings (SSSR count). The first kappa shape index (κ1) is 20.9. The largest absolute Gasteiger partial charge is 0.463 e. The van der Waals surface area contributed by atoms with Gasteiger partial charge in [0.2, 0.25) is 0 Å². The fourth-order valence-electron chi connectivity index (χ4n) is 3.04. The molecule has 7 nitrogen and oxygen atoms in total. The zero-order valence-corrected chi connectivity index (χ0v) is 16.5. The van der Waals surface area contributed by atoms with Crippen LogP contribution in [-0.4, -0.2) is 40.6 Å². The molecule has 1 N–H and O–H groups in total. The summed E-state index contributed by atoms with van der Waals surface area (Å²) in [6.45, 7) is 0. The van der Waals surface area contributed by atoms with E-state index < -0.39 is 29.5 Å². The van der Waals surface area contributed by atoms with Crippen LogP contribution < -0.4 is 5.32 Å². The van der Waals surface area contributed by atoms with Crippen molar-refractivity contribution in [1.29, 1.82) is 0 Å². The van der Waals surface area contributed by atoms with Crippen LogP contribution in [0.4, 0.5) is 4.39 Å². The maximum Gasteiger partial charge on any atom is 0.376 e. The second kappa shape index (κ2) is 9.13. The molecule has 3 aromatic rings. The topological polar surface area (TPSA) is 90.3 Å². The lowest BCUT2D eigenvalue weighted by Gasteiger charge is -2.16. The van der Waals surface area contributed by atoms with Crippen LogP contribution >= 0.6 is 0 Å². The Morgan fingerprint density at radius 2 is 1.77 bits per heavy atom. The Labute approximate surface area is 172 Å². The Hall–Kier alpha value is -3.81. The number of aryl methyl sites for hydroxylation is 1. The molecule has 0 aliphatic heterocycles. The fraction of sp³-hybridized carbons (Fsp3) is 0.182. The maximum atomic E-state index is 14.3. The molecule has 0 spiro atoms. The molecule has 30 heavy (non-hydrogen) atoms. The van der Waals surface area contributed by atoms with E-state index in [-0.39, 0.29) is 23.2 Å². The highest BCUT2D eigenvalue weighted by molar-refractivity contribution is 6.36. The smallest absolute Gasteiger partial charge is 0.376 e. The van der Waals surface area contributed by atoms with Crippen LogP contribution in [0.5, 0.6) is 0 Å². The molecule has 1 aromatic heterocycles. The van der Waals surface area contributed by atoms with Gasteiger partial charge in [-0.15, -0.1) is 0 Å². The van der Waals surface area contributed by atoms with Gasteiger partial charge in [-0.3, -0.25) is 14.3 Å². The lowest BCUT2D eigenvalue weighted by atomic mass is 10.0. The molecule has 2 aromatic carbocycles.